The fraction of sp³-hybridized carbons (Fsp3) is 0.333. The van der Waals surface area contributed by atoms with Crippen molar-refractivity contribution in [1.29, 1.82) is 0 Å². The number of phenols is 1. The van der Waals surface area contributed by atoms with Crippen LogP contribution in [0.4, 0.5) is 5.95 Å². The predicted octanol–water partition coefficient (Wildman–Crippen LogP) is 1.77. The van der Waals surface area contributed by atoms with E-state index in [0.29, 0.717) is 40.6 Å². The molecule has 5 rings (SSSR count). The topological polar surface area (TPSA) is 118 Å². The normalized spacial score (nSPS) is 19.1. The summed E-state index contributed by atoms with van der Waals surface area (Å²) < 4.78 is 0. The number of nitrogens with one attached hydrogen (secondary N) is 1. The van der Waals surface area contributed by atoms with Crippen LogP contribution < -0.4 is 10.2 Å². The van der Waals surface area contributed by atoms with E-state index >= 15 is 0 Å². The summed E-state index contributed by atoms with van der Waals surface area (Å²) in [4.78, 5) is 12.6. The molecule has 4 aromatic rings. The molecule has 2 atom stereocenters. The Bertz CT molecular complexity index is 1230. The number of fused-ring (bicyclic) bond motifs is 1. The highest BCUT2D eigenvalue weighted by atomic mass is 16.3. The lowest BCUT2D eigenvalue weighted by Crippen LogP contribution is -2.54. The molecule has 0 spiro atoms. The van der Waals surface area contributed by atoms with Gasteiger partial charge < -0.3 is 15.3 Å². The van der Waals surface area contributed by atoms with E-state index in [2.05, 4.69) is 54.4 Å². The molecule has 0 unspecified atom stereocenters. The Morgan fingerprint density at radius 3 is 2.52 bits per heavy atom. The summed E-state index contributed by atoms with van der Waals surface area (Å²) in [6.07, 6.45) is 1.65. The molecule has 158 valence electrons. The number of hydrogen-bond acceptors (Lipinski definition) is 9. The van der Waals surface area contributed by atoms with Crippen molar-refractivity contribution in [2.45, 2.75) is 25.9 Å². The maximum atomic E-state index is 10.6. The number of aromatic hydroxyl groups is 1. The molecule has 1 aliphatic heterocycles. The Labute approximate surface area is 179 Å². The maximum Gasteiger partial charge on any atom is 0.245 e. The summed E-state index contributed by atoms with van der Waals surface area (Å²) in [7, 11) is 1.76. The monoisotopic (exact) mass is 417 g/mol. The minimum atomic E-state index is 0.0896. The zero-order valence-electron chi connectivity index (χ0n) is 17.6. The Hall–Kier alpha value is -3.66. The summed E-state index contributed by atoms with van der Waals surface area (Å²) in [5.41, 5.74) is 3.85. The first kappa shape index (κ1) is 19.3. The van der Waals surface area contributed by atoms with Gasteiger partial charge in [-0.1, -0.05) is 6.07 Å². The number of benzene rings is 1. The van der Waals surface area contributed by atoms with Gasteiger partial charge in [0.05, 0.1) is 11.9 Å². The van der Waals surface area contributed by atoms with Crippen LogP contribution in [-0.2, 0) is 7.05 Å². The predicted molar refractivity (Wildman–Crippen MR) is 116 cm³/mol. The second-order valence-corrected chi connectivity index (χ2v) is 7.98. The van der Waals surface area contributed by atoms with Crippen molar-refractivity contribution >= 4 is 17.1 Å². The molecule has 0 radical (unpaired) electrons. The highest BCUT2D eigenvalue weighted by Crippen LogP contribution is 2.32. The van der Waals surface area contributed by atoms with E-state index in [0.717, 1.165) is 24.2 Å². The lowest BCUT2D eigenvalue weighted by atomic mass is 10.1. The number of anilines is 1. The Kier molecular flexibility index (Phi) is 4.70. The fourth-order valence-corrected chi connectivity index (χ4v) is 4.00. The number of nitrogens with zero attached hydrogens (tertiary/aromatic N) is 8. The number of piperazine rings is 1. The molecule has 1 aliphatic rings. The molecule has 0 bridgehead atoms. The van der Waals surface area contributed by atoms with Crippen LogP contribution in [0.5, 0.6) is 5.75 Å². The third kappa shape index (κ3) is 3.77. The highest BCUT2D eigenvalue weighted by Gasteiger charge is 2.23. The van der Waals surface area contributed by atoms with E-state index in [1.165, 1.54) is 4.80 Å². The molecule has 1 fully saturated rings. The molecule has 31 heavy (non-hydrogen) atoms. The quantitative estimate of drug-likeness (QED) is 0.514. The van der Waals surface area contributed by atoms with Gasteiger partial charge in [-0.3, -0.25) is 0 Å². The Morgan fingerprint density at radius 1 is 1.00 bits per heavy atom. The zero-order valence-corrected chi connectivity index (χ0v) is 17.6. The number of aromatic nitrogens is 7. The van der Waals surface area contributed by atoms with E-state index in [-0.39, 0.29) is 5.75 Å². The van der Waals surface area contributed by atoms with Crippen LogP contribution in [0.1, 0.15) is 13.8 Å². The molecule has 1 saturated heterocycles. The van der Waals surface area contributed by atoms with Gasteiger partial charge in [0.15, 0.2) is 0 Å². The third-order valence-electron chi connectivity index (χ3n) is 5.31. The SMILES string of the molecule is C[C@@H]1CN(c2ncc(-c3ccc(-c4ccc5nn(C)nc5n4)cc3O)nn2)C[C@H](C)N1. The molecule has 10 nitrogen and oxygen atoms in total. The lowest BCUT2D eigenvalue weighted by molar-refractivity contribution is 0.402. The van der Waals surface area contributed by atoms with E-state index in [1.54, 1.807) is 25.4 Å². The molecule has 0 aliphatic carbocycles. The van der Waals surface area contributed by atoms with Crippen LogP contribution in [0.3, 0.4) is 0 Å². The molecule has 0 saturated carbocycles. The highest BCUT2D eigenvalue weighted by molar-refractivity contribution is 5.77. The van der Waals surface area contributed by atoms with Crippen LogP contribution in [0.25, 0.3) is 33.7 Å². The molecule has 3 aromatic heterocycles. The van der Waals surface area contributed by atoms with Crippen molar-refractivity contribution in [3.05, 3.63) is 36.5 Å². The molecule has 1 aromatic carbocycles. The summed E-state index contributed by atoms with van der Waals surface area (Å²) in [6, 6.07) is 9.78. The summed E-state index contributed by atoms with van der Waals surface area (Å²) in [6.45, 7) is 5.94. The summed E-state index contributed by atoms with van der Waals surface area (Å²) in [5.74, 6) is 0.688. The van der Waals surface area contributed by atoms with Crippen molar-refractivity contribution in [3.8, 4) is 28.3 Å². The molecule has 10 heteroatoms. The number of pyridine rings is 1. The molecular weight excluding hydrogens is 394 g/mol. The summed E-state index contributed by atoms with van der Waals surface area (Å²) in [5, 5.41) is 31.2. The van der Waals surface area contributed by atoms with Crippen LogP contribution in [0.15, 0.2) is 36.5 Å². The van der Waals surface area contributed by atoms with Crippen molar-refractivity contribution in [2.75, 3.05) is 18.0 Å². The van der Waals surface area contributed by atoms with Gasteiger partial charge in [-0.15, -0.1) is 15.3 Å². The minimum Gasteiger partial charge on any atom is -0.507 e. The van der Waals surface area contributed by atoms with Crippen molar-refractivity contribution < 1.29 is 5.11 Å². The number of aryl methyl sites for hydroxylation is 1. The second-order valence-electron chi connectivity index (χ2n) is 7.98. The number of phenolic OH excluding ortho intramolecular Hbond substituents is 1. The number of hydrogen-bond donors (Lipinski definition) is 2. The standard InChI is InChI=1S/C21H23N9O/c1-12-10-30(11-13(2)23-12)21-22-9-18(25-26-21)15-5-4-14(8-19(15)31)16-6-7-17-20(24-16)28-29(3)27-17/h4-9,12-13,23,31H,10-11H2,1-3H3/t12-,13+. The molecular formula is C21H23N9O. The minimum absolute atomic E-state index is 0.0896. The lowest BCUT2D eigenvalue weighted by Gasteiger charge is -2.35. The third-order valence-corrected chi connectivity index (χ3v) is 5.31. The average Bonchev–Trinajstić information content (AvgIpc) is 3.12. The van der Waals surface area contributed by atoms with E-state index in [4.69, 9.17) is 0 Å². The largest absolute Gasteiger partial charge is 0.507 e. The van der Waals surface area contributed by atoms with Crippen LogP contribution >= 0.6 is 0 Å². The first-order valence-electron chi connectivity index (χ1n) is 10.2. The molecule has 0 amide bonds. The number of rotatable bonds is 3. The average molecular weight is 417 g/mol. The van der Waals surface area contributed by atoms with Crippen LogP contribution in [0, 0.1) is 0 Å². The van der Waals surface area contributed by atoms with Crippen molar-refractivity contribution in [2.24, 2.45) is 7.05 Å². The Balaban J connectivity index is 1.40. The molecule has 2 N–H and O–H groups in total. The van der Waals surface area contributed by atoms with Crippen molar-refractivity contribution in [3.63, 3.8) is 0 Å². The van der Waals surface area contributed by atoms with Crippen LogP contribution in [0.2, 0.25) is 0 Å². The van der Waals surface area contributed by atoms with Gasteiger partial charge in [0.1, 0.15) is 17.0 Å². The van der Waals surface area contributed by atoms with E-state index < -0.39 is 0 Å². The van der Waals surface area contributed by atoms with Gasteiger partial charge in [-0.2, -0.15) is 9.90 Å². The smallest absolute Gasteiger partial charge is 0.245 e. The van der Waals surface area contributed by atoms with Gasteiger partial charge in [0.25, 0.3) is 0 Å². The van der Waals surface area contributed by atoms with Crippen LogP contribution in [-0.4, -0.2) is 65.4 Å². The maximum absolute atomic E-state index is 10.6. The summed E-state index contributed by atoms with van der Waals surface area (Å²) >= 11 is 0. The van der Waals surface area contributed by atoms with E-state index in [9.17, 15) is 5.11 Å². The van der Waals surface area contributed by atoms with Gasteiger partial charge in [0, 0.05) is 43.3 Å². The second kappa shape index (κ2) is 7.55. The fourth-order valence-electron chi connectivity index (χ4n) is 4.00. The molecule has 4 heterocycles. The zero-order chi connectivity index (χ0) is 21.5. The first-order chi connectivity index (χ1) is 15.0. The van der Waals surface area contributed by atoms with Crippen molar-refractivity contribution in [1.82, 2.24) is 40.5 Å². The van der Waals surface area contributed by atoms with Gasteiger partial charge in [0.2, 0.25) is 11.6 Å². The van der Waals surface area contributed by atoms with Gasteiger partial charge in [-0.25, -0.2) is 9.97 Å². The van der Waals surface area contributed by atoms with Gasteiger partial charge in [-0.05, 0) is 38.1 Å². The Morgan fingerprint density at radius 2 is 1.81 bits per heavy atom. The van der Waals surface area contributed by atoms with E-state index in [1.807, 2.05) is 18.2 Å². The first-order valence-corrected chi connectivity index (χ1v) is 10.2. The van der Waals surface area contributed by atoms with Gasteiger partial charge >= 0.3 is 0 Å².